The third-order valence-corrected chi connectivity index (χ3v) is 3.89. The Morgan fingerprint density at radius 3 is 2.84 bits per heavy atom. The normalized spacial score (nSPS) is 12.3. The predicted molar refractivity (Wildman–Crippen MR) is 93.3 cm³/mol. The van der Waals surface area contributed by atoms with Crippen molar-refractivity contribution in [3.63, 3.8) is 0 Å². The van der Waals surface area contributed by atoms with Crippen LogP contribution in [0.1, 0.15) is 21.7 Å². The van der Waals surface area contributed by atoms with Gasteiger partial charge in [-0.2, -0.15) is 5.10 Å². The summed E-state index contributed by atoms with van der Waals surface area (Å²) < 4.78 is 1.74. The second-order valence-corrected chi connectivity index (χ2v) is 5.97. The summed E-state index contributed by atoms with van der Waals surface area (Å²) in [5.74, 6) is 0.402. The second kappa shape index (κ2) is 7.00. The van der Waals surface area contributed by atoms with Crippen LogP contribution in [0.2, 0.25) is 0 Å². The molecule has 1 aromatic carbocycles. The van der Waals surface area contributed by atoms with Crippen molar-refractivity contribution in [3.8, 4) is 11.1 Å². The Hall–Kier alpha value is -2.77. The number of carbonyl (C=O) groups excluding carboxylic acids is 1. The monoisotopic (exact) mass is 340 g/mol. The number of hydrogen-bond donors (Lipinski definition) is 3. The Bertz CT molecular complexity index is 920. The number of nitrogens with one attached hydrogen (secondary N) is 1. The van der Waals surface area contributed by atoms with Gasteiger partial charge in [0.15, 0.2) is 5.65 Å². The molecule has 7 heteroatoms. The molecule has 0 fully saturated rings. The molecule has 3 aromatic rings. The molecule has 0 aliphatic carbocycles. The fourth-order valence-corrected chi connectivity index (χ4v) is 2.63. The molecule has 1 amide bonds. The smallest absolute Gasteiger partial charge is 0.251 e. The molecular weight excluding hydrogens is 320 g/mol. The van der Waals surface area contributed by atoms with Gasteiger partial charge in [0.1, 0.15) is 5.82 Å². The second-order valence-electron chi connectivity index (χ2n) is 5.97. The largest absolute Gasteiger partial charge is 0.394 e. The third-order valence-electron chi connectivity index (χ3n) is 3.89. The van der Waals surface area contributed by atoms with Gasteiger partial charge in [0, 0.05) is 23.9 Å². The van der Waals surface area contributed by atoms with Crippen LogP contribution in [0, 0.1) is 13.8 Å². The number of aliphatic hydroxyl groups is 2. The lowest BCUT2D eigenvalue weighted by Gasteiger charge is -2.10. The molecule has 0 bridgehead atoms. The molecule has 2 heterocycles. The highest BCUT2D eigenvalue weighted by Crippen LogP contribution is 2.23. The lowest BCUT2D eigenvalue weighted by molar-refractivity contribution is 0.0802. The number of carbonyl (C=O) groups is 1. The van der Waals surface area contributed by atoms with Gasteiger partial charge < -0.3 is 15.5 Å². The Kier molecular flexibility index (Phi) is 4.78. The summed E-state index contributed by atoms with van der Waals surface area (Å²) in [4.78, 5) is 16.6. The van der Waals surface area contributed by atoms with E-state index in [4.69, 9.17) is 5.11 Å². The molecule has 130 valence electrons. The van der Waals surface area contributed by atoms with Crippen LogP contribution < -0.4 is 5.32 Å². The van der Waals surface area contributed by atoms with Crippen LogP contribution in [0.3, 0.4) is 0 Å². The summed E-state index contributed by atoms with van der Waals surface area (Å²) >= 11 is 0. The summed E-state index contributed by atoms with van der Waals surface area (Å²) in [5, 5.41) is 25.1. The molecule has 7 nitrogen and oxygen atoms in total. The minimum Gasteiger partial charge on any atom is -0.394 e. The van der Waals surface area contributed by atoms with Gasteiger partial charge in [-0.05, 0) is 43.2 Å². The number of hydrogen-bond acceptors (Lipinski definition) is 5. The van der Waals surface area contributed by atoms with E-state index in [0.717, 1.165) is 22.3 Å². The van der Waals surface area contributed by atoms with Crippen LogP contribution >= 0.6 is 0 Å². The number of pyridine rings is 1. The molecular formula is C18H20N4O3. The molecule has 25 heavy (non-hydrogen) atoms. The summed E-state index contributed by atoms with van der Waals surface area (Å²) in [6.07, 6.45) is 0.919. The van der Waals surface area contributed by atoms with Crippen LogP contribution in [0.5, 0.6) is 0 Å². The summed E-state index contributed by atoms with van der Waals surface area (Å²) in [6, 6.07) is 9.22. The molecule has 0 saturated heterocycles. The van der Waals surface area contributed by atoms with Crippen molar-refractivity contribution in [3.05, 3.63) is 53.5 Å². The number of nitrogens with zero attached hydrogens (tertiary/aromatic N) is 3. The van der Waals surface area contributed by atoms with Gasteiger partial charge >= 0.3 is 0 Å². The van der Waals surface area contributed by atoms with E-state index in [1.54, 1.807) is 22.7 Å². The summed E-state index contributed by atoms with van der Waals surface area (Å²) in [6.45, 7) is 3.43. The summed E-state index contributed by atoms with van der Waals surface area (Å²) in [7, 11) is 0. The molecule has 1 atom stereocenters. The highest BCUT2D eigenvalue weighted by molar-refractivity contribution is 5.95. The van der Waals surface area contributed by atoms with Crippen molar-refractivity contribution < 1.29 is 15.0 Å². The first kappa shape index (κ1) is 17.1. The zero-order chi connectivity index (χ0) is 18.0. The molecule has 0 saturated carbocycles. The first-order chi connectivity index (χ1) is 12.0. The lowest BCUT2D eigenvalue weighted by atomic mass is 10.0. The fraction of sp³-hybridized carbons (Fsp3) is 0.278. The van der Waals surface area contributed by atoms with Crippen molar-refractivity contribution in [2.24, 2.45) is 0 Å². The number of benzene rings is 1. The Balaban J connectivity index is 1.90. The number of rotatable bonds is 5. The standard InChI is InChI=1S/C18H20N4O3/c1-11-6-15(9-22-17(11)20-12(2)21-22)13-4-3-5-14(7-13)18(25)19-8-16(24)10-23/h3-7,9,16,23-24H,8,10H2,1-2H3,(H,19,25)/t16-/m1/s1. The SMILES string of the molecule is Cc1nc2c(C)cc(-c3cccc(C(=O)NC[C@@H](O)CO)c3)cn2n1. The molecule has 2 aromatic heterocycles. The number of fused-ring (bicyclic) bond motifs is 1. The minimum absolute atomic E-state index is 0.00284. The van der Waals surface area contributed by atoms with Crippen molar-refractivity contribution in [2.75, 3.05) is 13.2 Å². The number of aryl methyl sites for hydroxylation is 2. The van der Waals surface area contributed by atoms with Crippen molar-refractivity contribution in [1.29, 1.82) is 0 Å². The van der Waals surface area contributed by atoms with E-state index in [0.29, 0.717) is 11.4 Å². The molecule has 3 N–H and O–H groups in total. The first-order valence-corrected chi connectivity index (χ1v) is 7.99. The maximum Gasteiger partial charge on any atom is 0.251 e. The lowest BCUT2D eigenvalue weighted by Crippen LogP contribution is -2.33. The van der Waals surface area contributed by atoms with E-state index < -0.39 is 12.7 Å². The quantitative estimate of drug-likeness (QED) is 0.646. The van der Waals surface area contributed by atoms with Gasteiger partial charge in [-0.1, -0.05) is 12.1 Å². The average molecular weight is 340 g/mol. The van der Waals surface area contributed by atoms with Crippen LogP contribution in [0.15, 0.2) is 36.5 Å². The zero-order valence-electron chi connectivity index (χ0n) is 14.1. The third kappa shape index (κ3) is 3.67. The maximum atomic E-state index is 12.2. The van der Waals surface area contributed by atoms with E-state index in [1.165, 1.54) is 0 Å². The van der Waals surface area contributed by atoms with E-state index in [1.807, 2.05) is 32.2 Å². The van der Waals surface area contributed by atoms with Gasteiger partial charge in [-0.25, -0.2) is 9.50 Å². The van der Waals surface area contributed by atoms with Gasteiger partial charge in [0.2, 0.25) is 0 Å². The fourth-order valence-electron chi connectivity index (χ4n) is 2.63. The molecule has 0 aliphatic heterocycles. The van der Waals surface area contributed by atoms with E-state index in [2.05, 4.69) is 15.4 Å². The highest BCUT2D eigenvalue weighted by Gasteiger charge is 2.11. The van der Waals surface area contributed by atoms with Gasteiger partial charge in [0.25, 0.3) is 5.91 Å². The molecule has 0 spiro atoms. The topological polar surface area (TPSA) is 99.8 Å². The molecule has 0 unspecified atom stereocenters. The molecule has 3 rings (SSSR count). The van der Waals surface area contributed by atoms with Gasteiger partial charge in [0.05, 0.1) is 12.7 Å². The maximum absolute atomic E-state index is 12.2. The molecule has 0 aliphatic rings. The summed E-state index contributed by atoms with van der Waals surface area (Å²) in [5.41, 5.74) is 4.11. The zero-order valence-corrected chi connectivity index (χ0v) is 14.1. The Morgan fingerprint density at radius 1 is 1.28 bits per heavy atom. The first-order valence-electron chi connectivity index (χ1n) is 7.99. The van der Waals surface area contributed by atoms with Crippen LogP contribution in [-0.2, 0) is 0 Å². The average Bonchev–Trinajstić information content (AvgIpc) is 3.00. The number of aromatic nitrogens is 3. The van der Waals surface area contributed by atoms with Crippen LogP contribution in [0.4, 0.5) is 0 Å². The van der Waals surface area contributed by atoms with Crippen LogP contribution in [-0.4, -0.2) is 50.0 Å². The van der Waals surface area contributed by atoms with E-state index in [9.17, 15) is 9.90 Å². The Morgan fingerprint density at radius 2 is 2.08 bits per heavy atom. The highest BCUT2D eigenvalue weighted by atomic mass is 16.3. The minimum atomic E-state index is -0.965. The molecule has 0 radical (unpaired) electrons. The van der Waals surface area contributed by atoms with Crippen molar-refractivity contribution in [2.45, 2.75) is 20.0 Å². The predicted octanol–water partition coefficient (Wildman–Crippen LogP) is 1.10. The number of aliphatic hydroxyl groups excluding tert-OH is 2. The van der Waals surface area contributed by atoms with Crippen molar-refractivity contribution >= 4 is 11.6 Å². The van der Waals surface area contributed by atoms with Crippen molar-refractivity contribution in [1.82, 2.24) is 19.9 Å². The van der Waals surface area contributed by atoms with E-state index in [-0.39, 0.29) is 12.5 Å². The Labute approximate surface area is 145 Å². The van der Waals surface area contributed by atoms with Crippen LogP contribution in [0.25, 0.3) is 16.8 Å². The number of amides is 1. The van der Waals surface area contributed by atoms with Gasteiger partial charge in [-0.3, -0.25) is 4.79 Å². The van der Waals surface area contributed by atoms with E-state index >= 15 is 0 Å². The van der Waals surface area contributed by atoms with Gasteiger partial charge in [-0.15, -0.1) is 0 Å².